The molecule has 0 aliphatic carbocycles. The topological polar surface area (TPSA) is 113 Å². The van der Waals surface area contributed by atoms with Crippen molar-refractivity contribution in [3.63, 3.8) is 0 Å². The maximum atomic E-state index is 12.8. The monoisotopic (exact) mass is 435 g/mol. The van der Waals surface area contributed by atoms with E-state index >= 15 is 0 Å². The minimum Gasteiger partial charge on any atom is -0.467 e. The predicted molar refractivity (Wildman–Crippen MR) is 115 cm³/mol. The van der Waals surface area contributed by atoms with Crippen molar-refractivity contribution in [2.24, 2.45) is 0 Å². The number of fused-ring (bicyclic) bond motifs is 1. The van der Waals surface area contributed by atoms with Gasteiger partial charge in [-0.1, -0.05) is 12.1 Å². The van der Waals surface area contributed by atoms with Gasteiger partial charge < -0.3 is 14.4 Å². The van der Waals surface area contributed by atoms with Crippen molar-refractivity contribution in [2.45, 2.75) is 19.6 Å². The number of benzene rings is 2. The normalized spacial score (nSPS) is 13.9. The molecule has 1 aliphatic heterocycles. The van der Waals surface area contributed by atoms with E-state index in [0.29, 0.717) is 16.9 Å². The number of amides is 1. The quantitative estimate of drug-likeness (QED) is 0.332. The van der Waals surface area contributed by atoms with E-state index in [1.54, 1.807) is 23.0 Å². The van der Waals surface area contributed by atoms with Crippen molar-refractivity contribution in [1.82, 2.24) is 19.7 Å². The summed E-state index contributed by atoms with van der Waals surface area (Å²) in [6.45, 7) is 2.19. The van der Waals surface area contributed by atoms with Crippen LogP contribution in [0.4, 0.5) is 5.69 Å². The van der Waals surface area contributed by atoms with Crippen molar-refractivity contribution in [1.29, 1.82) is 0 Å². The fourth-order valence-corrected chi connectivity index (χ4v) is 3.40. The molecule has 0 spiro atoms. The molecule has 0 bridgehead atoms. The first-order valence-corrected chi connectivity index (χ1v) is 9.85. The van der Waals surface area contributed by atoms with Crippen LogP contribution in [0.5, 0.6) is 5.75 Å². The molecule has 1 atom stereocenters. The van der Waals surface area contributed by atoms with Gasteiger partial charge in [-0.15, -0.1) is 0 Å². The molecule has 0 saturated heterocycles. The third kappa shape index (κ3) is 4.35. The second kappa shape index (κ2) is 8.98. The highest BCUT2D eigenvalue weighted by atomic mass is 16.7. The lowest BCUT2D eigenvalue weighted by Gasteiger charge is -2.24. The average Bonchev–Trinajstić information content (AvgIpc) is 3.36. The van der Waals surface area contributed by atoms with Crippen LogP contribution < -0.4 is 4.74 Å². The number of non-ortho nitro benzene ring substituents is 1. The predicted octanol–water partition coefficient (Wildman–Crippen LogP) is 3.27. The molecule has 4 rings (SSSR count). The molecular weight excluding hydrogens is 414 g/mol. The molecule has 0 radical (unpaired) electrons. The van der Waals surface area contributed by atoms with Gasteiger partial charge >= 0.3 is 0 Å². The Bertz CT molecular complexity index is 1160. The first-order chi connectivity index (χ1) is 15.4. The zero-order valence-electron chi connectivity index (χ0n) is 17.5. The second-order valence-corrected chi connectivity index (χ2v) is 7.28. The summed E-state index contributed by atoms with van der Waals surface area (Å²) in [6.07, 6.45) is 6.00. The third-order valence-corrected chi connectivity index (χ3v) is 5.33. The van der Waals surface area contributed by atoms with Gasteiger partial charge in [0.15, 0.2) is 6.79 Å². The first-order valence-electron chi connectivity index (χ1n) is 9.85. The van der Waals surface area contributed by atoms with Crippen LogP contribution in [0.2, 0.25) is 0 Å². The minimum absolute atomic E-state index is 0.0567. The summed E-state index contributed by atoms with van der Waals surface area (Å²) in [4.78, 5) is 29.1. The average molecular weight is 435 g/mol. The van der Waals surface area contributed by atoms with E-state index in [-0.39, 0.29) is 31.0 Å². The number of aromatic nitrogens is 3. The van der Waals surface area contributed by atoms with Crippen molar-refractivity contribution >= 4 is 17.7 Å². The minimum atomic E-state index is -0.481. The molecule has 2 heterocycles. The molecule has 3 aromatic rings. The summed E-state index contributed by atoms with van der Waals surface area (Å²) >= 11 is 0. The van der Waals surface area contributed by atoms with Crippen LogP contribution >= 0.6 is 0 Å². The largest absolute Gasteiger partial charge is 0.467 e. The molecule has 10 nitrogen and oxygen atoms in total. The standard InChI is InChI=1S/C22H21N5O5/c1-15(16-3-6-19(7-4-16)26-13-23-12-24-26)25(2)21(28)8-5-17-9-20(27(29)30)10-18-11-31-14-32-22(17)18/h3-10,12-13,15H,11,14H2,1-2H3/b8-5+. The van der Waals surface area contributed by atoms with Gasteiger partial charge in [0.25, 0.3) is 5.69 Å². The summed E-state index contributed by atoms with van der Waals surface area (Å²) in [6, 6.07) is 10.3. The molecule has 0 fully saturated rings. The fourth-order valence-electron chi connectivity index (χ4n) is 3.40. The van der Waals surface area contributed by atoms with Crippen LogP contribution in [0.25, 0.3) is 11.8 Å². The molecule has 164 valence electrons. The lowest BCUT2D eigenvalue weighted by Crippen LogP contribution is -2.28. The number of nitro benzene ring substituents is 1. The second-order valence-electron chi connectivity index (χ2n) is 7.28. The Hall–Kier alpha value is -4.05. The molecule has 2 aromatic carbocycles. The lowest BCUT2D eigenvalue weighted by molar-refractivity contribution is -0.385. The zero-order chi connectivity index (χ0) is 22.7. The van der Waals surface area contributed by atoms with Gasteiger partial charge in [0.2, 0.25) is 5.91 Å². The number of nitro groups is 1. The highest BCUT2D eigenvalue weighted by Gasteiger charge is 2.21. The molecular formula is C22H21N5O5. The molecule has 1 aliphatic rings. The van der Waals surface area contributed by atoms with E-state index in [9.17, 15) is 14.9 Å². The van der Waals surface area contributed by atoms with Crippen LogP contribution in [0.3, 0.4) is 0 Å². The van der Waals surface area contributed by atoms with Crippen molar-refractivity contribution < 1.29 is 19.2 Å². The molecule has 1 aromatic heterocycles. The molecule has 32 heavy (non-hydrogen) atoms. The Morgan fingerprint density at radius 1 is 1.31 bits per heavy atom. The summed E-state index contributed by atoms with van der Waals surface area (Å²) in [5.41, 5.74) is 2.77. The van der Waals surface area contributed by atoms with Crippen LogP contribution in [-0.4, -0.2) is 44.3 Å². The van der Waals surface area contributed by atoms with Crippen molar-refractivity contribution in [3.05, 3.63) is 81.9 Å². The van der Waals surface area contributed by atoms with Gasteiger partial charge in [-0.05, 0) is 30.7 Å². The van der Waals surface area contributed by atoms with Gasteiger partial charge in [-0.25, -0.2) is 9.67 Å². The number of nitrogens with zero attached hydrogens (tertiary/aromatic N) is 5. The summed E-state index contributed by atoms with van der Waals surface area (Å²) in [7, 11) is 1.70. The summed E-state index contributed by atoms with van der Waals surface area (Å²) < 4.78 is 12.4. The first kappa shape index (κ1) is 21.2. The Kier molecular flexibility index (Phi) is 5.95. The van der Waals surface area contributed by atoms with Gasteiger partial charge in [0.05, 0.1) is 23.3 Å². The summed E-state index contributed by atoms with van der Waals surface area (Å²) in [5, 5.41) is 15.3. The van der Waals surface area contributed by atoms with Gasteiger partial charge in [0.1, 0.15) is 18.4 Å². The molecule has 0 saturated carbocycles. The number of hydrogen-bond donors (Lipinski definition) is 0. The number of likely N-dealkylation sites (N-methyl/N-ethyl adjacent to an activating group) is 1. The highest BCUT2D eigenvalue weighted by Crippen LogP contribution is 2.33. The molecule has 10 heteroatoms. The van der Waals surface area contributed by atoms with E-state index in [4.69, 9.17) is 9.47 Å². The van der Waals surface area contributed by atoms with E-state index in [1.165, 1.54) is 30.6 Å². The number of carbonyl (C=O) groups is 1. The Balaban J connectivity index is 1.51. The van der Waals surface area contributed by atoms with E-state index < -0.39 is 4.92 Å². The van der Waals surface area contributed by atoms with E-state index in [1.807, 2.05) is 31.2 Å². The van der Waals surface area contributed by atoms with Gasteiger partial charge in [0, 0.05) is 36.4 Å². The van der Waals surface area contributed by atoms with Crippen molar-refractivity contribution in [3.8, 4) is 11.4 Å². The van der Waals surface area contributed by atoms with Crippen LogP contribution in [0, 0.1) is 10.1 Å². The smallest absolute Gasteiger partial charge is 0.270 e. The Labute approximate surface area is 183 Å². The SMILES string of the molecule is CC(c1ccc(-n2cncn2)cc1)N(C)C(=O)/C=C/c1cc([N+](=O)[O-])cc2c1OCOC2. The maximum absolute atomic E-state index is 12.8. The van der Waals surface area contributed by atoms with Crippen LogP contribution in [0.15, 0.2) is 55.1 Å². The molecule has 1 unspecified atom stereocenters. The molecule has 0 N–H and O–H groups in total. The lowest BCUT2D eigenvalue weighted by atomic mass is 10.1. The number of rotatable bonds is 6. The Morgan fingerprint density at radius 3 is 2.78 bits per heavy atom. The Morgan fingerprint density at radius 2 is 2.09 bits per heavy atom. The molecule has 1 amide bonds. The van der Waals surface area contributed by atoms with Crippen LogP contribution in [-0.2, 0) is 16.1 Å². The third-order valence-electron chi connectivity index (χ3n) is 5.33. The van der Waals surface area contributed by atoms with Gasteiger partial charge in [-0.2, -0.15) is 5.10 Å². The highest BCUT2D eigenvalue weighted by molar-refractivity contribution is 5.92. The summed E-state index contributed by atoms with van der Waals surface area (Å²) in [5.74, 6) is 0.246. The van der Waals surface area contributed by atoms with Crippen molar-refractivity contribution in [2.75, 3.05) is 13.8 Å². The zero-order valence-corrected chi connectivity index (χ0v) is 17.5. The van der Waals surface area contributed by atoms with E-state index in [0.717, 1.165) is 11.3 Å². The number of hydrogen-bond acceptors (Lipinski definition) is 7. The van der Waals surface area contributed by atoms with Gasteiger partial charge in [-0.3, -0.25) is 14.9 Å². The van der Waals surface area contributed by atoms with Crippen LogP contribution in [0.1, 0.15) is 29.7 Å². The number of carbonyl (C=O) groups excluding carboxylic acids is 1. The van der Waals surface area contributed by atoms with E-state index in [2.05, 4.69) is 10.1 Å². The fraction of sp³-hybridized carbons (Fsp3) is 0.227. The number of ether oxygens (including phenoxy) is 2. The maximum Gasteiger partial charge on any atom is 0.270 e.